The second kappa shape index (κ2) is 5.56. The van der Waals surface area contributed by atoms with Crippen LogP contribution in [-0.2, 0) is 0 Å². The summed E-state index contributed by atoms with van der Waals surface area (Å²) in [5.41, 5.74) is 4.32. The third-order valence-corrected chi connectivity index (χ3v) is 6.75. The van der Waals surface area contributed by atoms with E-state index in [-0.39, 0.29) is 5.56 Å². The van der Waals surface area contributed by atoms with E-state index in [9.17, 15) is 0 Å². The van der Waals surface area contributed by atoms with Crippen molar-refractivity contribution in [1.29, 1.82) is 0 Å². The van der Waals surface area contributed by atoms with Crippen molar-refractivity contribution in [3.8, 4) is 11.3 Å². The number of hydrogen-bond acceptors (Lipinski definition) is 2. The van der Waals surface area contributed by atoms with Crippen LogP contribution in [0, 0.1) is 13.8 Å². The highest BCUT2D eigenvalue weighted by Gasteiger charge is 2.24. The lowest BCUT2D eigenvalue weighted by molar-refractivity contribution is 0.670. The van der Waals surface area contributed by atoms with Crippen LogP contribution in [0.25, 0.3) is 33.2 Å². The van der Waals surface area contributed by atoms with Crippen molar-refractivity contribution in [2.45, 2.75) is 33.4 Å². The van der Waals surface area contributed by atoms with Gasteiger partial charge in [0.15, 0.2) is 0 Å². The first kappa shape index (κ1) is 12.9. The molecule has 2 nitrogen and oxygen atoms in total. The second-order valence-corrected chi connectivity index (χ2v) is 12.6. The molecule has 0 fully saturated rings. The van der Waals surface area contributed by atoms with E-state index in [1.54, 1.807) is 0 Å². The third kappa shape index (κ3) is 2.59. The van der Waals surface area contributed by atoms with E-state index in [0.717, 1.165) is 33.2 Å². The summed E-state index contributed by atoms with van der Waals surface area (Å²) in [6.45, 7) is 6.65. The summed E-state index contributed by atoms with van der Waals surface area (Å²) in [5.74, 6) is 0. The lowest BCUT2D eigenvalue weighted by atomic mass is 10.0. The number of para-hydroxylation sites is 1. The van der Waals surface area contributed by atoms with Gasteiger partial charge in [-0.15, -0.1) is 0 Å². The van der Waals surface area contributed by atoms with Gasteiger partial charge in [-0.2, -0.15) is 0 Å². The van der Waals surface area contributed by atoms with E-state index in [2.05, 4.69) is 42.8 Å². The number of fused-ring (bicyclic) bond motifs is 3. The molecule has 0 unspecified atom stereocenters. The van der Waals surface area contributed by atoms with Gasteiger partial charge in [-0.3, -0.25) is 4.98 Å². The van der Waals surface area contributed by atoms with Crippen molar-refractivity contribution in [3.05, 3.63) is 59.8 Å². The summed E-state index contributed by atoms with van der Waals surface area (Å²) >= 11 is 0. The number of aryl methyl sites for hydroxylation is 2. The molecule has 0 aliphatic rings. The summed E-state index contributed by atoms with van der Waals surface area (Å²) in [6, 6.07) is 14.2. The lowest BCUT2D eigenvalue weighted by Gasteiger charge is -2.19. The van der Waals surface area contributed by atoms with Gasteiger partial charge in [0.2, 0.25) is 0 Å². The Balaban J connectivity index is 2.03. The van der Waals surface area contributed by atoms with Crippen LogP contribution in [-0.4, -0.2) is 13.1 Å². The smallest absolute Gasteiger partial charge is 0.144 e. The van der Waals surface area contributed by atoms with Crippen LogP contribution in [0.5, 0.6) is 0 Å². The first-order valence-corrected chi connectivity index (χ1v) is 12.0. The van der Waals surface area contributed by atoms with Gasteiger partial charge in [-0.1, -0.05) is 43.9 Å². The molecule has 4 aromatic rings. The highest BCUT2D eigenvalue weighted by Crippen LogP contribution is 2.35. The Morgan fingerprint density at radius 2 is 1.84 bits per heavy atom. The molecule has 0 radical (unpaired) electrons. The lowest BCUT2D eigenvalue weighted by Crippen LogP contribution is -2.37. The molecule has 0 aliphatic heterocycles. The van der Waals surface area contributed by atoms with Crippen LogP contribution < -0.4 is 5.19 Å². The number of pyridine rings is 1. The summed E-state index contributed by atoms with van der Waals surface area (Å²) in [5, 5.41) is 3.63. The van der Waals surface area contributed by atoms with Gasteiger partial charge < -0.3 is 4.42 Å². The Bertz CT molecular complexity index is 1200. The van der Waals surface area contributed by atoms with E-state index < -0.39 is 14.9 Å². The normalized spacial score (nSPS) is 14.5. The summed E-state index contributed by atoms with van der Waals surface area (Å²) in [4.78, 5) is 4.48. The number of nitrogens with zero attached hydrogens (tertiary/aromatic N) is 1. The molecule has 2 aromatic heterocycles. The van der Waals surface area contributed by atoms with Crippen LogP contribution in [0.1, 0.15) is 15.2 Å². The SMILES string of the molecule is [2H]C([2H])([2H])c1cnc(-c2ccc([Si](C)(C)C)c3c2oc2ccccc23)cc1C. The standard InChI is InChI=1S/C22H23NOSi/c1-14-12-18(23-13-15(14)2)16-10-11-20(25(3,4)5)21-17-8-6-7-9-19(17)24-22(16)21/h6-13H,1-5H3/i2D3. The maximum Gasteiger partial charge on any atom is 0.144 e. The van der Waals surface area contributed by atoms with Crippen molar-refractivity contribution in [3.63, 3.8) is 0 Å². The van der Waals surface area contributed by atoms with Crippen LogP contribution in [0.2, 0.25) is 19.6 Å². The molecule has 2 heterocycles. The van der Waals surface area contributed by atoms with Gasteiger partial charge in [-0.25, -0.2) is 0 Å². The van der Waals surface area contributed by atoms with E-state index in [0.29, 0.717) is 5.56 Å². The molecule has 25 heavy (non-hydrogen) atoms. The van der Waals surface area contributed by atoms with Gasteiger partial charge >= 0.3 is 0 Å². The fraction of sp³-hybridized carbons (Fsp3) is 0.227. The Morgan fingerprint density at radius 1 is 1.04 bits per heavy atom. The fourth-order valence-electron chi connectivity index (χ4n) is 3.36. The highest BCUT2D eigenvalue weighted by atomic mass is 28.3. The number of benzene rings is 2. The van der Waals surface area contributed by atoms with E-state index in [1.165, 1.54) is 11.4 Å². The second-order valence-electron chi connectivity index (χ2n) is 7.60. The number of hydrogen-bond donors (Lipinski definition) is 0. The predicted molar refractivity (Wildman–Crippen MR) is 109 cm³/mol. The van der Waals surface area contributed by atoms with Crippen LogP contribution in [0.4, 0.5) is 0 Å². The molecule has 4 rings (SSSR count). The van der Waals surface area contributed by atoms with Crippen molar-refractivity contribution in [1.82, 2.24) is 4.98 Å². The number of rotatable bonds is 2. The van der Waals surface area contributed by atoms with Crippen LogP contribution >= 0.6 is 0 Å². The molecule has 0 atom stereocenters. The van der Waals surface area contributed by atoms with Crippen molar-refractivity contribution in [2.24, 2.45) is 0 Å². The zero-order valence-electron chi connectivity index (χ0n) is 18.0. The zero-order chi connectivity index (χ0) is 20.3. The minimum atomic E-state index is -2.16. The van der Waals surface area contributed by atoms with Crippen molar-refractivity contribution >= 4 is 35.2 Å². The Morgan fingerprint density at radius 3 is 2.56 bits per heavy atom. The van der Waals surface area contributed by atoms with Gasteiger partial charge in [0.1, 0.15) is 11.2 Å². The van der Waals surface area contributed by atoms with Gasteiger partial charge in [0.05, 0.1) is 13.8 Å². The van der Waals surface area contributed by atoms with Gasteiger partial charge in [0, 0.05) is 26.6 Å². The largest absolute Gasteiger partial charge is 0.455 e. The topological polar surface area (TPSA) is 26.0 Å². The summed E-state index contributed by atoms with van der Waals surface area (Å²) in [7, 11) is -1.60. The van der Waals surface area contributed by atoms with E-state index in [1.807, 2.05) is 31.2 Å². The summed E-state index contributed by atoms with van der Waals surface area (Å²) in [6.07, 6.45) is 1.47. The Kier molecular flexibility index (Phi) is 2.87. The van der Waals surface area contributed by atoms with Crippen LogP contribution in [0.3, 0.4) is 0 Å². The molecule has 2 aromatic carbocycles. The Hall–Kier alpha value is -2.39. The molecule has 0 aliphatic carbocycles. The van der Waals surface area contributed by atoms with Crippen molar-refractivity contribution in [2.75, 3.05) is 0 Å². The average molecular weight is 349 g/mol. The first-order chi connectivity index (χ1) is 13.1. The fourth-order valence-corrected chi connectivity index (χ4v) is 4.94. The minimum absolute atomic E-state index is 0.288. The zero-order valence-corrected chi connectivity index (χ0v) is 16.0. The molecular weight excluding hydrogens is 322 g/mol. The molecular formula is C22H23NOSi. The molecule has 0 spiro atoms. The van der Waals surface area contributed by atoms with Crippen LogP contribution in [0.15, 0.2) is 53.1 Å². The first-order valence-electron chi connectivity index (χ1n) is 9.99. The number of aromatic nitrogens is 1. The summed E-state index contributed by atoms with van der Waals surface area (Å²) < 4.78 is 29.3. The highest BCUT2D eigenvalue weighted by molar-refractivity contribution is 6.90. The third-order valence-electron chi connectivity index (χ3n) is 4.72. The molecule has 0 saturated heterocycles. The van der Waals surface area contributed by atoms with Gasteiger partial charge in [0.25, 0.3) is 0 Å². The monoisotopic (exact) mass is 348 g/mol. The molecule has 0 saturated carbocycles. The van der Waals surface area contributed by atoms with Crippen molar-refractivity contribution < 1.29 is 8.53 Å². The molecule has 126 valence electrons. The van der Waals surface area contributed by atoms with E-state index in [4.69, 9.17) is 8.53 Å². The van der Waals surface area contributed by atoms with Gasteiger partial charge in [-0.05, 0) is 48.3 Å². The minimum Gasteiger partial charge on any atom is -0.455 e. The maximum absolute atomic E-state index is 7.67. The Labute approximate surface area is 153 Å². The molecule has 0 amide bonds. The quantitative estimate of drug-likeness (QED) is 0.427. The molecule has 0 N–H and O–H groups in total. The number of furan rings is 1. The maximum atomic E-state index is 7.67. The average Bonchev–Trinajstić information content (AvgIpc) is 2.98. The predicted octanol–water partition coefficient (Wildman–Crippen LogP) is 5.81. The molecule has 3 heteroatoms. The van der Waals surface area contributed by atoms with E-state index >= 15 is 0 Å². The molecule has 0 bridgehead atoms.